The van der Waals surface area contributed by atoms with Crippen molar-refractivity contribution in [3.8, 4) is 5.88 Å². The summed E-state index contributed by atoms with van der Waals surface area (Å²) in [6, 6.07) is 7.76. The van der Waals surface area contributed by atoms with Crippen molar-refractivity contribution in [1.82, 2.24) is 10.3 Å². The lowest BCUT2D eigenvalue weighted by molar-refractivity contribution is -0.138. The second-order valence-corrected chi connectivity index (χ2v) is 7.89. The number of ether oxygens (including phenoxy) is 1. The van der Waals surface area contributed by atoms with Crippen LogP contribution in [0.15, 0.2) is 36.4 Å². The average Bonchev–Trinajstić information content (AvgIpc) is 3.46. The van der Waals surface area contributed by atoms with Gasteiger partial charge in [-0.05, 0) is 55.4 Å². The normalized spacial score (nSPS) is 19.7. The van der Waals surface area contributed by atoms with E-state index in [9.17, 15) is 18.0 Å². The Morgan fingerprint density at radius 3 is 2.53 bits per heavy atom. The second kappa shape index (κ2) is 7.78. The van der Waals surface area contributed by atoms with Crippen LogP contribution < -0.4 is 10.1 Å². The highest BCUT2D eigenvalue weighted by atomic mass is 19.4. The second-order valence-electron chi connectivity index (χ2n) is 7.89. The van der Waals surface area contributed by atoms with E-state index in [1.54, 1.807) is 7.11 Å². The third-order valence-electron chi connectivity index (χ3n) is 5.62. The van der Waals surface area contributed by atoms with Crippen LogP contribution in [-0.4, -0.2) is 24.0 Å². The van der Waals surface area contributed by atoms with Crippen LogP contribution in [0.1, 0.15) is 59.5 Å². The Morgan fingerprint density at radius 1 is 1.20 bits per heavy atom. The number of halogens is 3. The molecule has 2 heterocycles. The van der Waals surface area contributed by atoms with Crippen molar-refractivity contribution < 1.29 is 22.7 Å². The van der Waals surface area contributed by atoms with Gasteiger partial charge in [0.2, 0.25) is 11.8 Å². The van der Waals surface area contributed by atoms with Crippen LogP contribution in [0.5, 0.6) is 5.88 Å². The molecule has 7 heteroatoms. The zero-order chi connectivity index (χ0) is 21.5. The zero-order valence-electron chi connectivity index (χ0n) is 16.8. The van der Waals surface area contributed by atoms with Gasteiger partial charge >= 0.3 is 6.18 Å². The number of alkyl halides is 3. The van der Waals surface area contributed by atoms with E-state index in [4.69, 9.17) is 4.74 Å². The first-order chi connectivity index (χ1) is 14.3. The minimum atomic E-state index is -4.40. The number of hydrogen-bond donors (Lipinski definition) is 1. The van der Waals surface area contributed by atoms with Gasteiger partial charge in [-0.25, -0.2) is 4.98 Å². The molecule has 1 amide bonds. The molecular formula is C23H23F3N2O2. The summed E-state index contributed by atoms with van der Waals surface area (Å²) in [7, 11) is 1.57. The van der Waals surface area contributed by atoms with Crippen molar-refractivity contribution in [2.45, 2.75) is 50.7 Å². The van der Waals surface area contributed by atoms with Gasteiger partial charge in [-0.2, -0.15) is 13.2 Å². The number of benzene rings is 1. The molecule has 2 fully saturated rings. The number of amides is 1. The van der Waals surface area contributed by atoms with Gasteiger partial charge in [-0.1, -0.05) is 24.3 Å². The number of methoxy groups -OCH3 is 1. The number of aryl methyl sites for hydroxylation is 1. The van der Waals surface area contributed by atoms with Gasteiger partial charge in [0.15, 0.2) is 0 Å². The molecule has 0 spiro atoms. The van der Waals surface area contributed by atoms with Crippen molar-refractivity contribution in [2.75, 3.05) is 7.11 Å². The molecule has 1 atom stereocenters. The number of hydrogen-bond acceptors (Lipinski definition) is 3. The first-order valence-electron chi connectivity index (χ1n) is 10.0. The monoisotopic (exact) mass is 416 g/mol. The van der Waals surface area contributed by atoms with Gasteiger partial charge in [0, 0.05) is 23.6 Å². The first kappa shape index (κ1) is 20.4. The van der Waals surface area contributed by atoms with E-state index in [-0.39, 0.29) is 17.5 Å². The standard InChI is InChI=1S/C23H23F3N2O2/c1-13-11-15(5-8-19(13)23(24,25)26)18(12-16-6-10-21(29)27-16)20-9-7-17(14-3-4-14)22(28-20)30-2/h5,7-9,11-12,14,16H,3-4,6,10H2,1-2H3,(H,27,29)/t16-/m1/s1. The molecule has 2 aromatic rings. The largest absolute Gasteiger partial charge is 0.481 e. The fourth-order valence-corrected chi connectivity index (χ4v) is 3.91. The molecule has 0 bridgehead atoms. The molecule has 0 radical (unpaired) electrons. The molecule has 1 saturated carbocycles. The number of rotatable bonds is 5. The highest BCUT2D eigenvalue weighted by Crippen LogP contribution is 2.44. The molecule has 1 saturated heterocycles. The molecule has 1 aromatic carbocycles. The highest BCUT2D eigenvalue weighted by Gasteiger charge is 2.33. The SMILES string of the molecule is COc1nc(C(=C[C@H]2CCC(=O)N2)c2ccc(C(F)(F)F)c(C)c2)ccc1C1CC1. The smallest absolute Gasteiger partial charge is 0.416 e. The van der Waals surface area contributed by atoms with Gasteiger partial charge in [0.05, 0.1) is 18.4 Å². The topological polar surface area (TPSA) is 51.2 Å². The number of carbonyl (C=O) groups excluding carboxylic acids is 1. The molecule has 1 aromatic heterocycles. The van der Waals surface area contributed by atoms with Gasteiger partial charge < -0.3 is 10.1 Å². The lowest BCUT2D eigenvalue weighted by Gasteiger charge is -2.16. The summed E-state index contributed by atoms with van der Waals surface area (Å²) in [5.41, 5.74) is 2.45. The van der Waals surface area contributed by atoms with E-state index in [1.807, 2.05) is 18.2 Å². The number of nitrogens with zero attached hydrogens (tertiary/aromatic N) is 1. The Labute approximate surface area is 173 Å². The van der Waals surface area contributed by atoms with E-state index in [1.165, 1.54) is 19.1 Å². The summed E-state index contributed by atoms with van der Waals surface area (Å²) in [5.74, 6) is 0.963. The van der Waals surface area contributed by atoms with Gasteiger partial charge in [-0.3, -0.25) is 4.79 Å². The zero-order valence-corrected chi connectivity index (χ0v) is 16.8. The minimum Gasteiger partial charge on any atom is -0.481 e. The molecule has 4 rings (SSSR count). The Morgan fingerprint density at radius 2 is 1.97 bits per heavy atom. The lowest BCUT2D eigenvalue weighted by atomic mass is 9.95. The van der Waals surface area contributed by atoms with Crippen LogP contribution in [0.3, 0.4) is 0 Å². The Kier molecular flexibility index (Phi) is 5.30. The fraction of sp³-hybridized carbons (Fsp3) is 0.391. The molecule has 0 unspecified atom stereocenters. The number of pyridine rings is 1. The Bertz CT molecular complexity index is 1010. The van der Waals surface area contributed by atoms with E-state index in [0.29, 0.717) is 41.5 Å². The van der Waals surface area contributed by atoms with E-state index in [2.05, 4.69) is 10.3 Å². The van der Waals surface area contributed by atoms with Crippen molar-refractivity contribution in [1.29, 1.82) is 0 Å². The predicted molar refractivity (Wildman–Crippen MR) is 107 cm³/mol. The summed E-state index contributed by atoms with van der Waals surface area (Å²) < 4.78 is 45.1. The molecule has 158 valence electrons. The molecule has 2 aliphatic rings. The van der Waals surface area contributed by atoms with Gasteiger partial charge in [-0.15, -0.1) is 0 Å². The predicted octanol–water partition coefficient (Wildman–Crippen LogP) is 5.01. The van der Waals surface area contributed by atoms with Crippen LogP contribution in [-0.2, 0) is 11.0 Å². The maximum Gasteiger partial charge on any atom is 0.416 e. The van der Waals surface area contributed by atoms with Crippen LogP contribution >= 0.6 is 0 Å². The summed E-state index contributed by atoms with van der Waals surface area (Å²) in [6.07, 6.45) is 0.750. The molecular weight excluding hydrogens is 393 g/mol. The van der Waals surface area contributed by atoms with Crippen LogP contribution in [0.4, 0.5) is 13.2 Å². The Hall–Kier alpha value is -2.83. The maximum atomic E-state index is 13.2. The summed E-state index contributed by atoms with van der Waals surface area (Å²) in [6.45, 7) is 1.45. The van der Waals surface area contributed by atoms with Gasteiger partial charge in [0.25, 0.3) is 0 Å². The lowest BCUT2D eigenvalue weighted by Crippen LogP contribution is -2.23. The average molecular weight is 416 g/mol. The van der Waals surface area contributed by atoms with Crippen LogP contribution in [0.25, 0.3) is 5.57 Å². The van der Waals surface area contributed by atoms with Crippen molar-refractivity contribution in [3.63, 3.8) is 0 Å². The Balaban J connectivity index is 1.79. The van der Waals surface area contributed by atoms with E-state index in [0.717, 1.165) is 24.5 Å². The number of nitrogens with one attached hydrogen (secondary N) is 1. The third-order valence-corrected chi connectivity index (χ3v) is 5.62. The van der Waals surface area contributed by atoms with E-state index >= 15 is 0 Å². The molecule has 4 nitrogen and oxygen atoms in total. The molecule has 1 aliphatic carbocycles. The summed E-state index contributed by atoms with van der Waals surface area (Å²) in [4.78, 5) is 16.3. The van der Waals surface area contributed by atoms with Crippen molar-refractivity contribution in [3.05, 3.63) is 64.4 Å². The molecule has 1 N–H and O–H groups in total. The first-order valence-corrected chi connectivity index (χ1v) is 10.0. The maximum absolute atomic E-state index is 13.2. The number of aromatic nitrogens is 1. The van der Waals surface area contributed by atoms with Crippen LogP contribution in [0, 0.1) is 6.92 Å². The summed E-state index contributed by atoms with van der Waals surface area (Å²) >= 11 is 0. The van der Waals surface area contributed by atoms with E-state index < -0.39 is 11.7 Å². The molecule has 1 aliphatic heterocycles. The minimum absolute atomic E-state index is 0.0335. The van der Waals surface area contributed by atoms with Crippen LogP contribution in [0.2, 0.25) is 0 Å². The van der Waals surface area contributed by atoms with Crippen molar-refractivity contribution >= 4 is 11.5 Å². The third kappa shape index (κ3) is 4.20. The fourth-order valence-electron chi connectivity index (χ4n) is 3.91. The molecule has 30 heavy (non-hydrogen) atoms. The highest BCUT2D eigenvalue weighted by molar-refractivity contribution is 5.82. The number of carbonyl (C=O) groups is 1. The quantitative estimate of drug-likeness (QED) is 0.746. The van der Waals surface area contributed by atoms with Gasteiger partial charge in [0.1, 0.15) is 0 Å². The summed E-state index contributed by atoms with van der Waals surface area (Å²) in [5, 5.41) is 2.89. The van der Waals surface area contributed by atoms with Crippen molar-refractivity contribution in [2.24, 2.45) is 0 Å².